The van der Waals surface area contributed by atoms with Crippen LogP contribution in [0.5, 0.6) is 0 Å². The molecule has 1 aliphatic rings. The Morgan fingerprint density at radius 3 is 3.00 bits per heavy atom. The topological polar surface area (TPSA) is 39.9 Å². The molecule has 4 heteroatoms. The Morgan fingerprint density at radius 1 is 1.35 bits per heavy atom. The van der Waals surface area contributed by atoms with Gasteiger partial charge in [-0.1, -0.05) is 35.5 Å². The van der Waals surface area contributed by atoms with Crippen LogP contribution in [0.25, 0.3) is 0 Å². The number of rotatable bonds is 2. The Bertz CT molecular complexity index is 507. The van der Waals surface area contributed by atoms with Crippen molar-refractivity contribution in [2.45, 2.75) is 26.0 Å². The standard InChI is InChI=1S/C13H15N3O/c1-10-13-9-17-8-12(16(13)15-14-10)7-11-5-3-2-4-6-11/h2-6,12H,7-9H2,1H3/t12-/m0/s1. The zero-order valence-corrected chi connectivity index (χ0v) is 9.84. The molecule has 0 unspecified atom stereocenters. The molecule has 0 saturated carbocycles. The molecule has 3 rings (SSSR count). The Balaban J connectivity index is 1.86. The normalized spacial score (nSPS) is 19.0. The second-order valence-electron chi connectivity index (χ2n) is 4.42. The molecule has 1 aromatic heterocycles. The van der Waals surface area contributed by atoms with Crippen molar-refractivity contribution < 1.29 is 4.74 Å². The number of benzene rings is 1. The molecule has 0 amide bonds. The van der Waals surface area contributed by atoms with Crippen molar-refractivity contribution in [3.05, 3.63) is 47.3 Å². The molecular weight excluding hydrogens is 214 g/mol. The van der Waals surface area contributed by atoms with Gasteiger partial charge in [-0.25, -0.2) is 4.68 Å². The summed E-state index contributed by atoms with van der Waals surface area (Å²) in [5.74, 6) is 0. The fourth-order valence-electron chi connectivity index (χ4n) is 2.25. The van der Waals surface area contributed by atoms with Gasteiger partial charge < -0.3 is 4.74 Å². The molecular formula is C13H15N3O. The van der Waals surface area contributed by atoms with Crippen LogP contribution in [0.1, 0.15) is 23.0 Å². The van der Waals surface area contributed by atoms with E-state index >= 15 is 0 Å². The van der Waals surface area contributed by atoms with Crippen molar-refractivity contribution in [3.63, 3.8) is 0 Å². The minimum atomic E-state index is 0.266. The lowest BCUT2D eigenvalue weighted by Gasteiger charge is -2.24. The van der Waals surface area contributed by atoms with Gasteiger partial charge in [-0.15, -0.1) is 5.10 Å². The first-order valence-corrected chi connectivity index (χ1v) is 5.87. The van der Waals surface area contributed by atoms with Crippen molar-refractivity contribution in [2.75, 3.05) is 6.61 Å². The molecule has 0 radical (unpaired) electrons. The Morgan fingerprint density at radius 2 is 2.18 bits per heavy atom. The number of hydrogen-bond acceptors (Lipinski definition) is 3. The smallest absolute Gasteiger partial charge is 0.0905 e. The van der Waals surface area contributed by atoms with E-state index in [0.717, 1.165) is 17.8 Å². The largest absolute Gasteiger partial charge is 0.373 e. The summed E-state index contributed by atoms with van der Waals surface area (Å²) < 4.78 is 7.64. The molecule has 0 saturated heterocycles. The zero-order valence-electron chi connectivity index (χ0n) is 9.84. The quantitative estimate of drug-likeness (QED) is 0.789. The first kappa shape index (κ1) is 10.5. The van der Waals surface area contributed by atoms with Gasteiger partial charge in [0.05, 0.1) is 30.6 Å². The van der Waals surface area contributed by atoms with Gasteiger partial charge >= 0.3 is 0 Å². The van der Waals surface area contributed by atoms with E-state index in [1.54, 1.807) is 0 Å². The van der Waals surface area contributed by atoms with Crippen molar-refractivity contribution >= 4 is 0 Å². The third-order valence-corrected chi connectivity index (χ3v) is 3.19. The first-order chi connectivity index (χ1) is 8.34. The number of aryl methyl sites for hydroxylation is 1. The SMILES string of the molecule is Cc1nnn2c1COC[C@@H]2Cc1ccccc1. The number of fused-ring (bicyclic) bond motifs is 1. The molecule has 4 nitrogen and oxygen atoms in total. The highest BCUT2D eigenvalue weighted by Crippen LogP contribution is 2.22. The number of nitrogens with zero attached hydrogens (tertiary/aromatic N) is 3. The van der Waals surface area contributed by atoms with E-state index in [0.29, 0.717) is 13.2 Å². The van der Waals surface area contributed by atoms with Gasteiger partial charge in [0.1, 0.15) is 0 Å². The maximum absolute atomic E-state index is 5.62. The van der Waals surface area contributed by atoms with Gasteiger partial charge in [0.25, 0.3) is 0 Å². The third kappa shape index (κ3) is 1.96. The van der Waals surface area contributed by atoms with Crippen molar-refractivity contribution in [3.8, 4) is 0 Å². The summed E-state index contributed by atoms with van der Waals surface area (Å²) >= 11 is 0. The molecule has 0 aliphatic carbocycles. The third-order valence-electron chi connectivity index (χ3n) is 3.19. The lowest BCUT2D eigenvalue weighted by atomic mass is 10.1. The second kappa shape index (κ2) is 4.30. The summed E-state index contributed by atoms with van der Waals surface area (Å²) in [6.07, 6.45) is 0.941. The molecule has 0 N–H and O–H groups in total. The van der Waals surface area contributed by atoms with Gasteiger partial charge in [-0.2, -0.15) is 0 Å². The highest BCUT2D eigenvalue weighted by molar-refractivity contribution is 5.17. The van der Waals surface area contributed by atoms with Crippen molar-refractivity contribution in [2.24, 2.45) is 0 Å². The lowest BCUT2D eigenvalue weighted by molar-refractivity contribution is 0.0510. The fourth-order valence-corrected chi connectivity index (χ4v) is 2.25. The Kier molecular flexibility index (Phi) is 2.65. The summed E-state index contributed by atoms with van der Waals surface area (Å²) in [7, 11) is 0. The van der Waals surface area contributed by atoms with Gasteiger partial charge in [0, 0.05) is 0 Å². The minimum absolute atomic E-state index is 0.266. The molecule has 0 fully saturated rings. The van der Waals surface area contributed by atoms with E-state index in [1.807, 2.05) is 17.7 Å². The molecule has 88 valence electrons. The molecule has 2 aromatic rings. The Labute approximate surface area is 100 Å². The van der Waals surface area contributed by atoms with Crippen LogP contribution in [0.2, 0.25) is 0 Å². The van der Waals surface area contributed by atoms with E-state index in [-0.39, 0.29) is 6.04 Å². The fraction of sp³-hybridized carbons (Fsp3) is 0.385. The van der Waals surface area contributed by atoms with Crippen LogP contribution in [0.4, 0.5) is 0 Å². The van der Waals surface area contributed by atoms with Crippen LogP contribution < -0.4 is 0 Å². The van der Waals surface area contributed by atoms with Crippen LogP contribution in [0, 0.1) is 6.92 Å². The van der Waals surface area contributed by atoms with Crippen molar-refractivity contribution in [1.82, 2.24) is 15.0 Å². The lowest BCUT2D eigenvalue weighted by Crippen LogP contribution is -2.26. The minimum Gasteiger partial charge on any atom is -0.373 e. The highest BCUT2D eigenvalue weighted by Gasteiger charge is 2.23. The summed E-state index contributed by atoms with van der Waals surface area (Å²) in [6, 6.07) is 10.7. The average molecular weight is 229 g/mol. The number of aromatic nitrogens is 3. The molecule has 1 aromatic carbocycles. The second-order valence-corrected chi connectivity index (χ2v) is 4.42. The monoisotopic (exact) mass is 229 g/mol. The van der Waals surface area contributed by atoms with E-state index in [9.17, 15) is 0 Å². The molecule has 17 heavy (non-hydrogen) atoms. The predicted octanol–water partition coefficient (Wildman–Crippen LogP) is 1.90. The predicted molar refractivity (Wildman–Crippen MR) is 63.6 cm³/mol. The summed E-state index contributed by atoms with van der Waals surface area (Å²) in [5.41, 5.74) is 3.39. The average Bonchev–Trinajstić information content (AvgIpc) is 2.74. The van der Waals surface area contributed by atoms with Crippen LogP contribution in [0.3, 0.4) is 0 Å². The van der Waals surface area contributed by atoms with Gasteiger partial charge in [-0.05, 0) is 18.9 Å². The molecule has 0 spiro atoms. The zero-order chi connectivity index (χ0) is 11.7. The summed E-state index contributed by atoms with van der Waals surface area (Å²) in [6.45, 7) is 3.32. The van der Waals surface area contributed by atoms with Gasteiger partial charge in [0.2, 0.25) is 0 Å². The summed E-state index contributed by atoms with van der Waals surface area (Å²) in [4.78, 5) is 0. The maximum atomic E-state index is 5.62. The number of ether oxygens (including phenoxy) is 1. The van der Waals surface area contributed by atoms with E-state index in [2.05, 4.69) is 34.6 Å². The number of hydrogen-bond donors (Lipinski definition) is 0. The summed E-state index contributed by atoms with van der Waals surface area (Å²) in [5, 5.41) is 8.34. The van der Waals surface area contributed by atoms with Crippen LogP contribution in [-0.2, 0) is 17.8 Å². The van der Waals surface area contributed by atoms with Gasteiger partial charge in [-0.3, -0.25) is 0 Å². The molecule has 0 bridgehead atoms. The molecule has 2 heterocycles. The highest BCUT2D eigenvalue weighted by atomic mass is 16.5. The maximum Gasteiger partial charge on any atom is 0.0905 e. The van der Waals surface area contributed by atoms with Crippen LogP contribution >= 0.6 is 0 Å². The molecule has 1 atom stereocenters. The van der Waals surface area contributed by atoms with Crippen molar-refractivity contribution in [1.29, 1.82) is 0 Å². The van der Waals surface area contributed by atoms with E-state index in [4.69, 9.17) is 4.74 Å². The van der Waals surface area contributed by atoms with Gasteiger partial charge in [0.15, 0.2) is 0 Å². The van der Waals surface area contributed by atoms with Crippen LogP contribution in [0.15, 0.2) is 30.3 Å². The first-order valence-electron chi connectivity index (χ1n) is 5.87. The van der Waals surface area contributed by atoms with E-state index in [1.165, 1.54) is 5.56 Å². The van der Waals surface area contributed by atoms with Crippen LogP contribution in [-0.4, -0.2) is 21.6 Å². The Hall–Kier alpha value is -1.68. The molecule has 1 aliphatic heterocycles. The van der Waals surface area contributed by atoms with E-state index < -0.39 is 0 Å².